The summed E-state index contributed by atoms with van der Waals surface area (Å²) in [5.74, 6) is 0. The zero-order valence-electron chi connectivity index (χ0n) is 15.4. The van der Waals surface area contributed by atoms with E-state index < -0.39 is 50.3 Å². The van der Waals surface area contributed by atoms with Crippen molar-refractivity contribution in [1.29, 1.82) is 5.26 Å². The Morgan fingerprint density at radius 1 is 1.17 bits per heavy atom. The summed E-state index contributed by atoms with van der Waals surface area (Å²) in [5, 5.41) is 18.5. The molecule has 1 aliphatic heterocycles. The maximum atomic E-state index is 13.1. The first-order valence-electron chi connectivity index (χ1n) is 8.57. The van der Waals surface area contributed by atoms with Gasteiger partial charge < -0.3 is 10.8 Å². The molecule has 0 spiro atoms. The van der Waals surface area contributed by atoms with Crippen molar-refractivity contribution in [3.8, 4) is 6.07 Å². The van der Waals surface area contributed by atoms with Crippen molar-refractivity contribution in [3.05, 3.63) is 58.1 Å². The number of nitrogens with zero attached hydrogens (tertiary/aromatic N) is 2. The third-order valence-corrected chi connectivity index (χ3v) is 9.78. The van der Waals surface area contributed by atoms with Crippen LogP contribution in [0.25, 0.3) is 0 Å². The minimum atomic E-state index is -4.27. The Labute approximate surface area is 184 Å². The highest BCUT2D eigenvalue weighted by Gasteiger charge is 2.54. The molecule has 2 atom stereocenters. The summed E-state index contributed by atoms with van der Waals surface area (Å²) in [7, 11) is -8.41. The lowest BCUT2D eigenvalue weighted by Gasteiger charge is -2.27. The normalized spacial score (nSPS) is 22.7. The van der Waals surface area contributed by atoms with E-state index in [1.54, 1.807) is 0 Å². The molecule has 0 amide bonds. The lowest BCUT2D eigenvalue weighted by molar-refractivity contribution is 0.0676. The standard InChI is InChI=1S/C18H17Cl2N3O5S2/c19-13-2-4-14(5-3-13)29(25,26)17-9-23(11-18(17,24)10-22)30(27,28)16-6-1-12(8-21)7-15(16)20/h1-7,17,24H,9-11,22H2/t17-,18+/m0/s1. The Morgan fingerprint density at radius 2 is 1.80 bits per heavy atom. The van der Waals surface area contributed by atoms with Gasteiger partial charge in [0.2, 0.25) is 10.0 Å². The van der Waals surface area contributed by atoms with Gasteiger partial charge in [-0.3, -0.25) is 0 Å². The van der Waals surface area contributed by atoms with E-state index in [4.69, 9.17) is 34.2 Å². The van der Waals surface area contributed by atoms with Gasteiger partial charge in [0.15, 0.2) is 9.84 Å². The number of halogens is 2. The molecule has 1 saturated heterocycles. The number of nitriles is 1. The van der Waals surface area contributed by atoms with Crippen LogP contribution in [0.5, 0.6) is 0 Å². The van der Waals surface area contributed by atoms with Crippen LogP contribution in [0.4, 0.5) is 0 Å². The van der Waals surface area contributed by atoms with Gasteiger partial charge in [-0.1, -0.05) is 23.2 Å². The van der Waals surface area contributed by atoms with Gasteiger partial charge in [0, 0.05) is 24.7 Å². The second kappa shape index (κ2) is 8.09. The van der Waals surface area contributed by atoms with Crippen LogP contribution in [0, 0.1) is 11.3 Å². The highest BCUT2D eigenvalue weighted by molar-refractivity contribution is 7.92. The molecule has 0 radical (unpaired) electrons. The first-order valence-corrected chi connectivity index (χ1v) is 12.3. The molecule has 8 nitrogen and oxygen atoms in total. The zero-order valence-corrected chi connectivity index (χ0v) is 18.5. The van der Waals surface area contributed by atoms with Crippen LogP contribution >= 0.6 is 23.2 Å². The molecule has 1 heterocycles. The first-order chi connectivity index (χ1) is 14.0. The summed E-state index contributed by atoms with van der Waals surface area (Å²) in [6.07, 6.45) is 0. The number of nitrogens with two attached hydrogens (primary N) is 1. The van der Waals surface area contributed by atoms with Crippen molar-refractivity contribution in [2.45, 2.75) is 20.6 Å². The van der Waals surface area contributed by atoms with Crippen LogP contribution in [-0.2, 0) is 19.9 Å². The lowest BCUT2D eigenvalue weighted by atomic mass is 10.0. The van der Waals surface area contributed by atoms with Crippen LogP contribution in [0.15, 0.2) is 52.3 Å². The molecule has 12 heteroatoms. The van der Waals surface area contributed by atoms with Gasteiger partial charge in [0.25, 0.3) is 0 Å². The van der Waals surface area contributed by atoms with Gasteiger partial charge in [0.05, 0.1) is 21.6 Å². The van der Waals surface area contributed by atoms with Crippen LogP contribution in [0.3, 0.4) is 0 Å². The van der Waals surface area contributed by atoms with Crippen molar-refractivity contribution in [2.75, 3.05) is 19.6 Å². The van der Waals surface area contributed by atoms with Crippen LogP contribution < -0.4 is 5.73 Å². The van der Waals surface area contributed by atoms with Crippen molar-refractivity contribution in [2.24, 2.45) is 5.73 Å². The number of sulfonamides is 1. The predicted molar refractivity (Wildman–Crippen MR) is 111 cm³/mol. The van der Waals surface area contributed by atoms with Crippen molar-refractivity contribution >= 4 is 43.1 Å². The number of β-amino-alcohol motifs (C(OH)–C–C–N with tert-alkyl or cyclic N) is 1. The van der Waals surface area contributed by atoms with E-state index in [9.17, 15) is 21.9 Å². The maximum Gasteiger partial charge on any atom is 0.244 e. The van der Waals surface area contributed by atoms with E-state index >= 15 is 0 Å². The van der Waals surface area contributed by atoms with E-state index in [1.165, 1.54) is 42.5 Å². The number of hydrogen-bond acceptors (Lipinski definition) is 7. The molecule has 3 N–H and O–H groups in total. The highest BCUT2D eigenvalue weighted by atomic mass is 35.5. The summed E-state index contributed by atoms with van der Waals surface area (Å²) in [5.41, 5.74) is 3.81. The van der Waals surface area contributed by atoms with Gasteiger partial charge in [-0.2, -0.15) is 9.57 Å². The third kappa shape index (κ3) is 3.94. The maximum absolute atomic E-state index is 13.1. The van der Waals surface area contributed by atoms with Gasteiger partial charge in [-0.05, 0) is 42.5 Å². The molecule has 0 unspecified atom stereocenters. The topological polar surface area (TPSA) is 142 Å². The Bertz CT molecular complexity index is 1230. The van der Waals surface area contributed by atoms with E-state index in [1.807, 2.05) is 6.07 Å². The molecule has 2 aromatic rings. The average Bonchev–Trinajstić information content (AvgIpc) is 3.08. The van der Waals surface area contributed by atoms with Crippen LogP contribution in [0.2, 0.25) is 10.0 Å². The van der Waals surface area contributed by atoms with Crippen molar-refractivity contribution in [3.63, 3.8) is 0 Å². The summed E-state index contributed by atoms with van der Waals surface area (Å²) in [6, 6.07) is 10.8. The fourth-order valence-corrected chi connectivity index (χ4v) is 7.52. The molecule has 0 aromatic heterocycles. The molecule has 0 saturated carbocycles. The molecule has 3 rings (SSSR count). The van der Waals surface area contributed by atoms with Gasteiger partial charge >= 0.3 is 0 Å². The minimum absolute atomic E-state index is 0.112. The number of rotatable bonds is 5. The van der Waals surface area contributed by atoms with Crippen LogP contribution in [0.1, 0.15) is 5.56 Å². The Hall–Kier alpha value is -1.71. The summed E-state index contributed by atoms with van der Waals surface area (Å²) >= 11 is 11.8. The second-order valence-electron chi connectivity index (χ2n) is 6.85. The average molecular weight is 490 g/mol. The second-order valence-corrected chi connectivity index (χ2v) is 11.7. The number of hydrogen-bond donors (Lipinski definition) is 2. The van der Waals surface area contributed by atoms with Gasteiger partial charge in [-0.15, -0.1) is 0 Å². The molecule has 30 heavy (non-hydrogen) atoms. The monoisotopic (exact) mass is 489 g/mol. The van der Waals surface area contributed by atoms with E-state index in [0.29, 0.717) is 5.02 Å². The molecule has 1 fully saturated rings. The van der Waals surface area contributed by atoms with Gasteiger partial charge in [0.1, 0.15) is 15.7 Å². The fourth-order valence-electron chi connectivity index (χ4n) is 3.30. The third-order valence-electron chi connectivity index (χ3n) is 4.97. The smallest absolute Gasteiger partial charge is 0.244 e. The number of sulfone groups is 1. The minimum Gasteiger partial charge on any atom is -0.386 e. The summed E-state index contributed by atoms with van der Waals surface area (Å²) in [6.45, 7) is -1.52. The lowest BCUT2D eigenvalue weighted by Crippen LogP contribution is -2.51. The van der Waals surface area contributed by atoms with E-state index in [0.717, 1.165) is 4.31 Å². The molecule has 160 valence electrons. The highest BCUT2D eigenvalue weighted by Crippen LogP contribution is 2.36. The first kappa shape index (κ1) is 23.0. The quantitative estimate of drug-likeness (QED) is 0.645. The molecular weight excluding hydrogens is 473 g/mol. The van der Waals surface area contributed by atoms with Crippen LogP contribution in [-0.4, -0.2) is 56.7 Å². The molecule has 0 bridgehead atoms. The molecule has 0 aliphatic carbocycles. The fraction of sp³-hybridized carbons (Fsp3) is 0.278. The molecule has 2 aromatic carbocycles. The molecule has 1 aliphatic rings. The zero-order chi connectivity index (χ0) is 22.3. The van der Waals surface area contributed by atoms with Crippen molar-refractivity contribution < 1.29 is 21.9 Å². The van der Waals surface area contributed by atoms with Gasteiger partial charge in [-0.25, -0.2) is 16.8 Å². The van der Waals surface area contributed by atoms with E-state index in [-0.39, 0.29) is 20.4 Å². The predicted octanol–water partition coefficient (Wildman–Crippen LogP) is 1.40. The number of benzene rings is 2. The number of aliphatic hydroxyl groups is 1. The Kier molecular flexibility index (Phi) is 6.19. The largest absolute Gasteiger partial charge is 0.386 e. The Balaban J connectivity index is 2.02. The summed E-state index contributed by atoms with van der Waals surface area (Å²) in [4.78, 5) is -0.411. The van der Waals surface area contributed by atoms with E-state index in [2.05, 4.69) is 0 Å². The SMILES string of the molecule is N#Cc1ccc(S(=O)(=O)N2C[C@H](S(=O)(=O)c3ccc(Cl)cc3)[C@@](O)(CN)C2)c(Cl)c1. The Morgan fingerprint density at radius 3 is 2.33 bits per heavy atom. The molecular formula is C18H17Cl2N3O5S2. The summed E-state index contributed by atoms with van der Waals surface area (Å²) < 4.78 is 53.3. The van der Waals surface area contributed by atoms with Crippen molar-refractivity contribution in [1.82, 2.24) is 4.31 Å².